The Balaban J connectivity index is 2.87. The summed E-state index contributed by atoms with van der Waals surface area (Å²) in [6.07, 6.45) is -2.63. The van der Waals surface area contributed by atoms with Crippen LogP contribution in [0.15, 0.2) is 30.3 Å². The van der Waals surface area contributed by atoms with E-state index < -0.39 is 12.1 Å². The van der Waals surface area contributed by atoms with Crippen LogP contribution in [0.4, 0.5) is 4.79 Å². The van der Waals surface area contributed by atoms with E-state index in [2.05, 4.69) is 5.09 Å². The van der Waals surface area contributed by atoms with Crippen LogP contribution < -0.4 is 16.1 Å². The minimum atomic E-state index is -2.63. The van der Waals surface area contributed by atoms with Crippen LogP contribution in [0.1, 0.15) is 0 Å². The second-order valence-corrected chi connectivity index (χ2v) is 7.65. The zero-order chi connectivity index (χ0) is 9.90. The van der Waals surface area contributed by atoms with Gasteiger partial charge in [-0.05, 0) is 12.1 Å². The van der Waals surface area contributed by atoms with Crippen LogP contribution in [0.2, 0.25) is 0 Å². The quantitative estimate of drug-likeness (QED) is 0.762. The first kappa shape index (κ1) is 10.6. The number of benzene rings is 1. The highest BCUT2D eigenvalue weighted by Crippen LogP contribution is 2.63. The lowest BCUT2D eigenvalue weighted by molar-refractivity contribution is 0.254. The number of carbonyl (C=O) groups is 1. The molecule has 0 saturated heterocycles. The molecule has 0 saturated carbocycles. The summed E-state index contributed by atoms with van der Waals surface area (Å²) in [7, 11) is 0. The molecule has 0 atom stereocenters. The molecule has 0 aliphatic rings. The third kappa shape index (κ3) is 3.03. The largest absolute Gasteiger partial charge is 0.349 e. The molecule has 6 heteroatoms. The van der Waals surface area contributed by atoms with Crippen molar-refractivity contribution in [2.24, 2.45) is 5.73 Å². The van der Waals surface area contributed by atoms with Crippen LogP contribution in [-0.2, 0) is 0 Å². The van der Waals surface area contributed by atoms with Crippen LogP contribution in [0, 0.1) is 0 Å². The van der Waals surface area contributed by atoms with Crippen LogP contribution in [0.25, 0.3) is 0 Å². The number of nitrogens with one attached hydrogen (secondary N) is 1. The molecule has 3 nitrogen and oxygen atoms in total. The Morgan fingerprint density at radius 2 is 1.85 bits per heavy atom. The van der Waals surface area contributed by atoms with Gasteiger partial charge in [0.25, 0.3) is 0 Å². The maximum Gasteiger partial charge on any atom is 0.346 e. The summed E-state index contributed by atoms with van der Waals surface area (Å²) in [6, 6.07) is 8.17. The number of hydrogen-bond donors (Lipinski definition) is 2. The van der Waals surface area contributed by atoms with E-state index in [-0.39, 0.29) is 0 Å². The van der Waals surface area contributed by atoms with Crippen LogP contribution in [-0.4, -0.2) is 6.03 Å². The summed E-state index contributed by atoms with van der Waals surface area (Å²) >= 11 is 11.8. The summed E-state index contributed by atoms with van der Waals surface area (Å²) in [5.74, 6) is 0. The smallest absolute Gasteiger partial charge is 0.346 e. The van der Waals surface area contributed by atoms with Crippen LogP contribution in [0.5, 0.6) is 0 Å². The van der Waals surface area contributed by atoms with E-state index >= 15 is 0 Å². The minimum absolute atomic E-state index is 0.678. The van der Waals surface area contributed by atoms with E-state index in [1.807, 2.05) is 6.07 Å². The van der Waals surface area contributed by atoms with Crippen molar-refractivity contribution >= 4 is 39.9 Å². The van der Waals surface area contributed by atoms with E-state index in [1.54, 1.807) is 24.3 Å². The average molecular weight is 238 g/mol. The fraction of sp³-hybridized carbons (Fsp3) is 0. The maximum absolute atomic E-state index is 10.6. The fourth-order valence-corrected chi connectivity index (χ4v) is 2.95. The first-order chi connectivity index (χ1) is 6.02. The SMILES string of the molecule is NC(=O)N[P+](Cl)(Cl)c1ccccc1. The Bertz CT molecular complexity index is 305. The van der Waals surface area contributed by atoms with E-state index in [1.165, 1.54) is 0 Å². The Morgan fingerprint density at radius 3 is 2.31 bits per heavy atom. The predicted octanol–water partition coefficient (Wildman–Crippen LogP) is 2.22. The van der Waals surface area contributed by atoms with Crippen LogP contribution in [0.3, 0.4) is 0 Å². The van der Waals surface area contributed by atoms with E-state index in [4.69, 9.17) is 28.2 Å². The number of halogens is 2. The number of primary amides is 1. The zero-order valence-corrected chi connectivity index (χ0v) is 8.98. The molecule has 0 spiro atoms. The first-order valence-corrected chi connectivity index (χ1v) is 7.04. The van der Waals surface area contributed by atoms with Gasteiger partial charge in [0.1, 0.15) is 22.5 Å². The van der Waals surface area contributed by atoms with Gasteiger partial charge in [0, 0.05) is 0 Å². The molecule has 70 valence electrons. The molecular weight excluding hydrogens is 230 g/mol. The first-order valence-electron chi connectivity index (χ1n) is 3.44. The summed E-state index contributed by atoms with van der Waals surface area (Å²) in [6.45, 7) is 0. The van der Waals surface area contributed by atoms with Crippen molar-refractivity contribution in [3.8, 4) is 0 Å². The third-order valence-electron chi connectivity index (χ3n) is 1.33. The fourth-order valence-electron chi connectivity index (χ4n) is 0.818. The monoisotopic (exact) mass is 237 g/mol. The van der Waals surface area contributed by atoms with Gasteiger partial charge in [-0.25, -0.2) is 4.79 Å². The third-order valence-corrected chi connectivity index (χ3v) is 4.46. The standard InChI is InChI=1S/C7H7Cl2N2OP/c8-13(9,11-7(10)12)6-4-2-1-3-5-6/h1-5H,(H2-,10,11,12)/p+1. The number of carbonyl (C=O) groups excluding carboxylic acids is 1. The predicted molar refractivity (Wildman–Crippen MR) is 57.4 cm³/mol. The summed E-state index contributed by atoms with van der Waals surface area (Å²) in [5, 5.41) is 2.99. The number of amides is 2. The van der Waals surface area contributed by atoms with Crippen molar-refractivity contribution in [3.05, 3.63) is 30.3 Å². The van der Waals surface area contributed by atoms with Gasteiger partial charge < -0.3 is 5.73 Å². The van der Waals surface area contributed by atoms with Crippen molar-refractivity contribution in [1.82, 2.24) is 5.09 Å². The van der Waals surface area contributed by atoms with Gasteiger partial charge in [-0.2, -0.15) is 5.09 Å². The average Bonchev–Trinajstić information content (AvgIpc) is 2.04. The lowest BCUT2D eigenvalue weighted by atomic mass is 10.4. The highest BCUT2D eigenvalue weighted by atomic mass is 35.9. The van der Waals surface area contributed by atoms with Crippen molar-refractivity contribution in [1.29, 1.82) is 0 Å². The summed E-state index contributed by atoms with van der Waals surface area (Å²) in [4.78, 5) is 10.6. The topological polar surface area (TPSA) is 55.1 Å². The Hall–Kier alpha value is -0.500. The second kappa shape index (κ2) is 4.14. The number of hydrogen-bond acceptors (Lipinski definition) is 1. The second-order valence-electron chi connectivity index (χ2n) is 2.33. The van der Waals surface area contributed by atoms with Gasteiger partial charge >= 0.3 is 12.1 Å². The molecule has 0 bridgehead atoms. The molecule has 0 aliphatic heterocycles. The Kier molecular flexibility index (Phi) is 3.37. The molecule has 3 N–H and O–H groups in total. The molecule has 0 radical (unpaired) electrons. The van der Waals surface area contributed by atoms with Gasteiger partial charge in [0.15, 0.2) is 5.30 Å². The summed E-state index contributed by atoms with van der Waals surface area (Å²) < 4.78 is 0. The van der Waals surface area contributed by atoms with Crippen molar-refractivity contribution < 1.29 is 4.79 Å². The van der Waals surface area contributed by atoms with Crippen molar-refractivity contribution in [2.45, 2.75) is 0 Å². The minimum Gasteiger partial charge on any atom is -0.349 e. The molecule has 0 unspecified atom stereocenters. The highest BCUT2D eigenvalue weighted by molar-refractivity contribution is 8.21. The number of rotatable bonds is 2. The lowest BCUT2D eigenvalue weighted by Gasteiger charge is -2.08. The van der Waals surface area contributed by atoms with E-state index in [0.29, 0.717) is 5.30 Å². The van der Waals surface area contributed by atoms with Gasteiger partial charge in [0.05, 0.1) is 0 Å². The van der Waals surface area contributed by atoms with E-state index in [0.717, 1.165) is 0 Å². The lowest BCUT2D eigenvalue weighted by Crippen LogP contribution is -2.29. The molecule has 0 aliphatic carbocycles. The molecule has 2 amide bonds. The van der Waals surface area contributed by atoms with Crippen molar-refractivity contribution in [3.63, 3.8) is 0 Å². The number of nitrogens with two attached hydrogens (primary N) is 1. The van der Waals surface area contributed by atoms with Gasteiger partial charge in [0.2, 0.25) is 0 Å². The van der Waals surface area contributed by atoms with Crippen molar-refractivity contribution in [2.75, 3.05) is 0 Å². The molecule has 1 rings (SSSR count). The molecule has 1 aromatic rings. The van der Waals surface area contributed by atoms with Gasteiger partial charge in [-0.15, -0.1) is 0 Å². The zero-order valence-electron chi connectivity index (χ0n) is 6.58. The van der Waals surface area contributed by atoms with Gasteiger partial charge in [-0.1, -0.05) is 18.2 Å². The Labute approximate surface area is 86.2 Å². The molecule has 0 aromatic heterocycles. The molecule has 0 heterocycles. The highest BCUT2D eigenvalue weighted by Gasteiger charge is 2.39. The normalized spacial score (nSPS) is 10.9. The van der Waals surface area contributed by atoms with Gasteiger partial charge in [-0.3, -0.25) is 0 Å². The summed E-state index contributed by atoms with van der Waals surface area (Å²) in [5.41, 5.74) is 4.92. The molecule has 1 aromatic carbocycles. The molecule has 0 fully saturated rings. The molecule has 13 heavy (non-hydrogen) atoms. The number of urea groups is 1. The van der Waals surface area contributed by atoms with Crippen LogP contribution >= 0.6 is 28.6 Å². The Morgan fingerprint density at radius 1 is 1.31 bits per heavy atom. The maximum atomic E-state index is 10.6. The molecular formula is C7H8Cl2N2OP+. The van der Waals surface area contributed by atoms with E-state index in [9.17, 15) is 4.79 Å².